The lowest BCUT2D eigenvalue weighted by atomic mass is 9.89. The van der Waals surface area contributed by atoms with E-state index in [9.17, 15) is 4.39 Å². The highest BCUT2D eigenvalue weighted by Gasteiger charge is 2.25. The fourth-order valence-electron chi connectivity index (χ4n) is 2.57. The molecule has 0 saturated carbocycles. The summed E-state index contributed by atoms with van der Waals surface area (Å²) in [7, 11) is 0. The van der Waals surface area contributed by atoms with Crippen LogP contribution in [0.3, 0.4) is 0 Å². The minimum absolute atomic E-state index is 0.283. The number of hydrogen-bond acceptors (Lipinski definition) is 2. The van der Waals surface area contributed by atoms with Crippen LogP contribution < -0.4 is 5.32 Å². The lowest BCUT2D eigenvalue weighted by Crippen LogP contribution is -2.44. The van der Waals surface area contributed by atoms with Gasteiger partial charge in [0.2, 0.25) is 0 Å². The SMILES string of the molecule is CCCNC1CCOCC1Cc1ccc(F)cc1Cl. The first-order valence-corrected chi connectivity index (χ1v) is 7.33. The zero-order valence-corrected chi connectivity index (χ0v) is 12.0. The van der Waals surface area contributed by atoms with E-state index in [1.165, 1.54) is 12.1 Å². The summed E-state index contributed by atoms with van der Waals surface area (Å²) in [5.41, 5.74) is 1.00. The Hall–Kier alpha value is -0.640. The van der Waals surface area contributed by atoms with Crippen LogP contribution in [-0.2, 0) is 11.2 Å². The number of benzene rings is 1. The summed E-state index contributed by atoms with van der Waals surface area (Å²) < 4.78 is 18.6. The van der Waals surface area contributed by atoms with Gasteiger partial charge in [-0.05, 0) is 43.5 Å². The number of halogens is 2. The fourth-order valence-corrected chi connectivity index (χ4v) is 2.81. The van der Waals surface area contributed by atoms with Crippen molar-refractivity contribution in [1.29, 1.82) is 0 Å². The minimum Gasteiger partial charge on any atom is -0.381 e. The van der Waals surface area contributed by atoms with Crippen molar-refractivity contribution in [3.05, 3.63) is 34.6 Å². The highest BCUT2D eigenvalue weighted by molar-refractivity contribution is 6.31. The molecule has 0 aromatic heterocycles. The van der Waals surface area contributed by atoms with Gasteiger partial charge in [-0.1, -0.05) is 24.6 Å². The molecular formula is C15H21ClFNO. The fraction of sp³-hybridized carbons (Fsp3) is 0.600. The maximum absolute atomic E-state index is 13.0. The average Bonchev–Trinajstić information content (AvgIpc) is 2.41. The molecule has 1 N–H and O–H groups in total. The lowest BCUT2D eigenvalue weighted by molar-refractivity contribution is 0.0323. The van der Waals surface area contributed by atoms with Gasteiger partial charge in [0, 0.05) is 23.6 Å². The molecule has 1 aliphatic heterocycles. The van der Waals surface area contributed by atoms with Crippen LogP contribution in [0.25, 0.3) is 0 Å². The Balaban J connectivity index is 2.02. The summed E-state index contributed by atoms with van der Waals surface area (Å²) in [5.74, 6) is 0.123. The van der Waals surface area contributed by atoms with E-state index in [0.29, 0.717) is 17.0 Å². The zero-order chi connectivity index (χ0) is 13.7. The lowest BCUT2D eigenvalue weighted by Gasteiger charge is -2.32. The van der Waals surface area contributed by atoms with Crippen LogP contribution in [0.4, 0.5) is 4.39 Å². The van der Waals surface area contributed by atoms with Crippen molar-refractivity contribution in [2.45, 2.75) is 32.2 Å². The van der Waals surface area contributed by atoms with E-state index in [1.54, 1.807) is 6.07 Å². The van der Waals surface area contributed by atoms with Crippen LogP contribution in [0.5, 0.6) is 0 Å². The summed E-state index contributed by atoms with van der Waals surface area (Å²) in [4.78, 5) is 0. The molecule has 1 saturated heterocycles. The van der Waals surface area contributed by atoms with E-state index >= 15 is 0 Å². The smallest absolute Gasteiger partial charge is 0.124 e. The van der Waals surface area contributed by atoms with Gasteiger partial charge in [-0.25, -0.2) is 4.39 Å². The third kappa shape index (κ3) is 4.16. The van der Waals surface area contributed by atoms with Crippen LogP contribution >= 0.6 is 11.6 Å². The van der Waals surface area contributed by atoms with E-state index in [1.807, 2.05) is 0 Å². The van der Waals surface area contributed by atoms with E-state index in [-0.39, 0.29) is 5.82 Å². The number of rotatable bonds is 5. The van der Waals surface area contributed by atoms with Crippen LogP contribution in [0.1, 0.15) is 25.3 Å². The summed E-state index contributed by atoms with van der Waals surface area (Å²) in [6.45, 7) is 4.75. The largest absolute Gasteiger partial charge is 0.381 e. The summed E-state index contributed by atoms with van der Waals surface area (Å²) in [6, 6.07) is 5.10. The molecule has 2 atom stereocenters. The van der Waals surface area contributed by atoms with Crippen molar-refractivity contribution in [3.63, 3.8) is 0 Å². The average molecular weight is 286 g/mol. The molecule has 0 spiro atoms. The second-order valence-corrected chi connectivity index (χ2v) is 5.53. The topological polar surface area (TPSA) is 21.3 Å². The Bertz CT molecular complexity index is 413. The van der Waals surface area contributed by atoms with Crippen LogP contribution in [0.2, 0.25) is 5.02 Å². The molecule has 1 heterocycles. The van der Waals surface area contributed by atoms with Gasteiger partial charge >= 0.3 is 0 Å². The summed E-state index contributed by atoms with van der Waals surface area (Å²) in [5, 5.41) is 4.09. The second kappa shape index (κ2) is 7.22. The summed E-state index contributed by atoms with van der Waals surface area (Å²) in [6.07, 6.45) is 2.99. The van der Waals surface area contributed by atoms with Crippen molar-refractivity contribution >= 4 is 11.6 Å². The number of hydrogen-bond donors (Lipinski definition) is 1. The number of nitrogens with one attached hydrogen (secondary N) is 1. The maximum atomic E-state index is 13.0. The first-order chi connectivity index (χ1) is 9.20. The van der Waals surface area contributed by atoms with Gasteiger partial charge < -0.3 is 10.1 Å². The van der Waals surface area contributed by atoms with E-state index in [4.69, 9.17) is 16.3 Å². The molecule has 1 aliphatic rings. The van der Waals surface area contributed by atoms with Crippen molar-refractivity contribution in [3.8, 4) is 0 Å². The first kappa shape index (κ1) is 14.8. The maximum Gasteiger partial charge on any atom is 0.124 e. The summed E-state index contributed by atoms with van der Waals surface area (Å²) >= 11 is 6.10. The molecule has 106 valence electrons. The Kier molecular flexibility index (Phi) is 5.61. The predicted molar refractivity (Wildman–Crippen MR) is 76.1 cm³/mol. The second-order valence-electron chi connectivity index (χ2n) is 5.12. The predicted octanol–water partition coefficient (Wildman–Crippen LogP) is 3.43. The molecule has 1 fully saturated rings. The van der Waals surface area contributed by atoms with E-state index in [2.05, 4.69) is 12.2 Å². The molecule has 2 nitrogen and oxygen atoms in total. The van der Waals surface area contributed by atoms with Gasteiger partial charge in [-0.3, -0.25) is 0 Å². The Morgan fingerprint density at radius 3 is 3.05 bits per heavy atom. The first-order valence-electron chi connectivity index (χ1n) is 6.95. The molecular weight excluding hydrogens is 265 g/mol. The van der Waals surface area contributed by atoms with Crippen molar-refractivity contribution in [1.82, 2.24) is 5.32 Å². The normalized spacial score (nSPS) is 23.5. The minimum atomic E-state index is -0.283. The van der Waals surface area contributed by atoms with Crippen molar-refractivity contribution in [2.24, 2.45) is 5.92 Å². The molecule has 0 amide bonds. The monoisotopic (exact) mass is 285 g/mol. The molecule has 0 radical (unpaired) electrons. The van der Waals surface area contributed by atoms with Gasteiger partial charge in [-0.15, -0.1) is 0 Å². The van der Waals surface area contributed by atoms with Crippen LogP contribution in [-0.4, -0.2) is 25.8 Å². The third-order valence-electron chi connectivity index (χ3n) is 3.63. The van der Waals surface area contributed by atoms with Gasteiger partial charge in [0.25, 0.3) is 0 Å². The Morgan fingerprint density at radius 2 is 2.32 bits per heavy atom. The zero-order valence-electron chi connectivity index (χ0n) is 11.3. The highest BCUT2D eigenvalue weighted by Crippen LogP contribution is 2.25. The third-order valence-corrected chi connectivity index (χ3v) is 3.98. The van der Waals surface area contributed by atoms with Crippen LogP contribution in [0.15, 0.2) is 18.2 Å². The van der Waals surface area contributed by atoms with Crippen molar-refractivity contribution in [2.75, 3.05) is 19.8 Å². The quantitative estimate of drug-likeness (QED) is 0.895. The van der Waals surface area contributed by atoms with Crippen LogP contribution in [0, 0.1) is 11.7 Å². The molecule has 19 heavy (non-hydrogen) atoms. The van der Waals surface area contributed by atoms with Gasteiger partial charge in [0.1, 0.15) is 5.82 Å². The molecule has 1 aromatic rings. The molecule has 0 bridgehead atoms. The molecule has 1 aromatic carbocycles. The Labute approximate surface area is 119 Å². The number of ether oxygens (including phenoxy) is 1. The molecule has 2 rings (SSSR count). The molecule has 4 heteroatoms. The standard InChI is InChI=1S/C15H21ClFNO/c1-2-6-18-15-5-7-19-10-12(15)8-11-3-4-13(17)9-14(11)16/h3-4,9,12,15,18H,2,5-8,10H2,1H3. The van der Waals surface area contributed by atoms with E-state index in [0.717, 1.165) is 44.6 Å². The molecule has 0 aliphatic carbocycles. The van der Waals surface area contributed by atoms with Gasteiger partial charge in [0.05, 0.1) is 6.61 Å². The molecule has 2 unspecified atom stereocenters. The Morgan fingerprint density at radius 1 is 1.47 bits per heavy atom. The van der Waals surface area contributed by atoms with E-state index < -0.39 is 0 Å². The highest BCUT2D eigenvalue weighted by atomic mass is 35.5. The van der Waals surface area contributed by atoms with Crippen molar-refractivity contribution < 1.29 is 9.13 Å². The van der Waals surface area contributed by atoms with Gasteiger partial charge in [0.15, 0.2) is 0 Å². The van der Waals surface area contributed by atoms with Gasteiger partial charge in [-0.2, -0.15) is 0 Å².